The molecule has 0 unspecified atom stereocenters. The van der Waals surface area contributed by atoms with Crippen LogP contribution in [0.15, 0.2) is 60.7 Å². The first-order chi connectivity index (χ1) is 18.8. The minimum absolute atomic E-state index is 0.226. The van der Waals surface area contributed by atoms with Crippen LogP contribution in [0.3, 0.4) is 0 Å². The fraction of sp³-hybridized carbons (Fsp3) is 0.312. The van der Waals surface area contributed by atoms with Crippen LogP contribution in [0.1, 0.15) is 62.9 Å². The number of H-pyrrole nitrogens is 1. The number of aryl methyl sites for hydroxylation is 2. The van der Waals surface area contributed by atoms with Crippen molar-refractivity contribution in [3.8, 4) is 22.8 Å². The van der Waals surface area contributed by atoms with Gasteiger partial charge in [-0.3, -0.25) is 4.68 Å². The number of hydrogen-bond acceptors (Lipinski definition) is 4. The average Bonchev–Trinajstić information content (AvgIpc) is 3.43. The third-order valence-electron chi connectivity index (χ3n) is 7.15. The lowest BCUT2D eigenvalue weighted by Gasteiger charge is -2.13. The van der Waals surface area contributed by atoms with E-state index in [0.717, 1.165) is 55.5 Å². The highest BCUT2D eigenvalue weighted by Gasteiger charge is 2.25. The first-order valence-electron chi connectivity index (χ1n) is 13.5. The van der Waals surface area contributed by atoms with Crippen molar-refractivity contribution in [2.24, 2.45) is 7.05 Å². The molecule has 7 heteroatoms. The minimum atomic E-state index is -1.34. The second-order valence-electron chi connectivity index (χ2n) is 10.5. The van der Waals surface area contributed by atoms with Crippen LogP contribution in [-0.2, 0) is 13.5 Å². The van der Waals surface area contributed by atoms with Crippen molar-refractivity contribution in [3.63, 3.8) is 0 Å². The molecule has 0 aliphatic heterocycles. The third kappa shape index (κ3) is 5.09. The molecule has 5 aromatic rings. The van der Waals surface area contributed by atoms with Crippen molar-refractivity contribution >= 4 is 27.8 Å². The molecule has 0 aliphatic carbocycles. The summed E-state index contributed by atoms with van der Waals surface area (Å²) in [6, 6.07) is 20.3. The Kier molecular flexibility index (Phi) is 7.33. The van der Waals surface area contributed by atoms with E-state index >= 15 is 0 Å². The number of aromatic nitrogens is 3. The van der Waals surface area contributed by atoms with Crippen LogP contribution in [0.5, 0.6) is 11.6 Å². The van der Waals surface area contributed by atoms with E-state index in [4.69, 9.17) is 14.6 Å². The number of fused-ring (bicyclic) bond motifs is 2. The predicted octanol–water partition coefficient (Wildman–Crippen LogP) is 8.04. The van der Waals surface area contributed by atoms with Crippen molar-refractivity contribution in [1.82, 2.24) is 14.8 Å². The van der Waals surface area contributed by atoms with Gasteiger partial charge in [0.05, 0.1) is 17.8 Å². The van der Waals surface area contributed by atoms with Gasteiger partial charge in [-0.05, 0) is 36.1 Å². The summed E-state index contributed by atoms with van der Waals surface area (Å²) in [6.07, 6.45) is -0.0566. The Balaban J connectivity index is 1.50. The van der Waals surface area contributed by atoms with Crippen LogP contribution < -0.4 is 9.47 Å². The highest BCUT2D eigenvalue weighted by atomic mass is 16.7. The standard InChI is InChI=1S/C32H35N3O4/c1-19(2)28-27(30(20(3)4)35(5)34-28)25-15-9-14-23-24(31(33-29(23)25)39-32(36)37)16-10-18-38-26-17-8-12-21-11-6-7-13-22(21)26/h6-9,11-15,17,19-20,33H,10,16,18H2,1-5H3,(H,36,37). The molecule has 2 N–H and O–H groups in total. The lowest BCUT2D eigenvalue weighted by Crippen LogP contribution is -2.06. The summed E-state index contributed by atoms with van der Waals surface area (Å²) in [4.78, 5) is 14.9. The number of ether oxygens (including phenoxy) is 2. The predicted molar refractivity (Wildman–Crippen MR) is 155 cm³/mol. The SMILES string of the molecule is CC(C)c1nn(C)c(C(C)C)c1-c1cccc2c(CCCOc3cccc4ccccc34)c(OC(=O)O)[nH]c12. The number of benzene rings is 3. The van der Waals surface area contributed by atoms with E-state index in [9.17, 15) is 9.90 Å². The first-order valence-corrected chi connectivity index (χ1v) is 13.5. The molecule has 0 saturated carbocycles. The zero-order chi connectivity index (χ0) is 27.7. The van der Waals surface area contributed by atoms with E-state index in [1.54, 1.807) is 0 Å². The maximum atomic E-state index is 11.6. The highest BCUT2D eigenvalue weighted by Crippen LogP contribution is 2.41. The van der Waals surface area contributed by atoms with Gasteiger partial charge in [0.25, 0.3) is 0 Å². The lowest BCUT2D eigenvalue weighted by atomic mass is 9.92. The lowest BCUT2D eigenvalue weighted by molar-refractivity contribution is 0.142. The smallest absolute Gasteiger partial charge is 0.493 e. The third-order valence-corrected chi connectivity index (χ3v) is 7.15. The molecular weight excluding hydrogens is 490 g/mol. The number of hydrogen-bond donors (Lipinski definition) is 2. The minimum Gasteiger partial charge on any atom is -0.493 e. The van der Waals surface area contributed by atoms with Gasteiger partial charge in [0.1, 0.15) is 5.75 Å². The van der Waals surface area contributed by atoms with Crippen molar-refractivity contribution in [2.45, 2.75) is 52.4 Å². The van der Waals surface area contributed by atoms with Gasteiger partial charge in [0.15, 0.2) is 0 Å². The van der Waals surface area contributed by atoms with E-state index in [2.05, 4.69) is 56.9 Å². The number of carboxylic acid groups (broad SMARTS) is 1. The maximum Gasteiger partial charge on any atom is 0.512 e. The second kappa shape index (κ2) is 10.8. The van der Waals surface area contributed by atoms with Crippen LogP contribution >= 0.6 is 0 Å². The Hall–Kier alpha value is -4.26. The largest absolute Gasteiger partial charge is 0.512 e. The fourth-order valence-corrected chi connectivity index (χ4v) is 5.53. The molecule has 0 fully saturated rings. The van der Waals surface area contributed by atoms with Gasteiger partial charge >= 0.3 is 6.16 Å². The van der Waals surface area contributed by atoms with Gasteiger partial charge in [0.2, 0.25) is 5.88 Å². The quantitative estimate of drug-likeness (QED) is 0.150. The van der Waals surface area contributed by atoms with Gasteiger partial charge in [-0.1, -0.05) is 82.3 Å². The molecule has 202 valence electrons. The van der Waals surface area contributed by atoms with E-state index in [1.807, 2.05) is 48.1 Å². The summed E-state index contributed by atoms with van der Waals surface area (Å²) < 4.78 is 13.4. The molecule has 2 heterocycles. The van der Waals surface area contributed by atoms with Crippen molar-refractivity contribution in [3.05, 3.63) is 77.6 Å². The summed E-state index contributed by atoms with van der Waals surface area (Å²) in [5.41, 5.74) is 5.96. The number of nitrogens with zero attached hydrogens (tertiary/aromatic N) is 2. The Bertz CT molecular complexity index is 1640. The normalized spacial score (nSPS) is 11.7. The fourth-order valence-electron chi connectivity index (χ4n) is 5.53. The molecule has 7 nitrogen and oxygen atoms in total. The zero-order valence-corrected chi connectivity index (χ0v) is 23.1. The van der Waals surface area contributed by atoms with Crippen LogP contribution in [-0.4, -0.2) is 32.6 Å². The number of aromatic amines is 1. The van der Waals surface area contributed by atoms with Gasteiger partial charge in [-0.15, -0.1) is 0 Å². The van der Waals surface area contributed by atoms with Gasteiger partial charge < -0.3 is 19.6 Å². The number of para-hydroxylation sites is 1. The summed E-state index contributed by atoms with van der Waals surface area (Å²) in [6.45, 7) is 9.11. The van der Waals surface area contributed by atoms with E-state index < -0.39 is 6.16 Å². The van der Waals surface area contributed by atoms with Crippen molar-refractivity contribution < 1.29 is 19.4 Å². The molecule has 5 rings (SSSR count). The molecule has 0 radical (unpaired) electrons. The molecule has 0 amide bonds. The Morgan fingerprint density at radius 3 is 2.44 bits per heavy atom. The molecule has 2 aromatic heterocycles. The second-order valence-corrected chi connectivity index (χ2v) is 10.5. The van der Waals surface area contributed by atoms with Crippen molar-refractivity contribution in [1.29, 1.82) is 0 Å². The van der Waals surface area contributed by atoms with Gasteiger partial charge in [0, 0.05) is 40.2 Å². The number of nitrogens with one attached hydrogen (secondary N) is 1. The van der Waals surface area contributed by atoms with E-state index in [-0.39, 0.29) is 17.7 Å². The van der Waals surface area contributed by atoms with Gasteiger partial charge in [-0.25, -0.2) is 4.79 Å². The Labute approximate surface area is 228 Å². The number of rotatable bonds is 9. The van der Waals surface area contributed by atoms with Crippen LogP contribution in [0.2, 0.25) is 0 Å². The molecule has 0 aliphatic rings. The van der Waals surface area contributed by atoms with Crippen LogP contribution in [0, 0.1) is 0 Å². The van der Waals surface area contributed by atoms with Crippen molar-refractivity contribution in [2.75, 3.05) is 6.61 Å². The maximum absolute atomic E-state index is 11.6. The van der Waals surface area contributed by atoms with Crippen LogP contribution in [0.25, 0.3) is 32.8 Å². The topological polar surface area (TPSA) is 89.4 Å². The molecule has 0 spiro atoms. The summed E-state index contributed by atoms with van der Waals surface area (Å²) in [7, 11) is 1.99. The Morgan fingerprint density at radius 1 is 0.974 bits per heavy atom. The molecule has 39 heavy (non-hydrogen) atoms. The molecular formula is C32H35N3O4. The molecule has 3 aromatic carbocycles. The molecule has 0 saturated heterocycles. The monoisotopic (exact) mass is 525 g/mol. The van der Waals surface area contributed by atoms with Crippen LogP contribution in [0.4, 0.5) is 4.79 Å². The molecule has 0 bridgehead atoms. The zero-order valence-electron chi connectivity index (χ0n) is 23.1. The number of carbonyl (C=O) groups is 1. The average molecular weight is 526 g/mol. The van der Waals surface area contributed by atoms with Gasteiger partial charge in [-0.2, -0.15) is 5.10 Å². The molecule has 0 atom stereocenters. The summed E-state index contributed by atoms with van der Waals surface area (Å²) in [5.74, 6) is 1.59. The summed E-state index contributed by atoms with van der Waals surface area (Å²) >= 11 is 0. The van der Waals surface area contributed by atoms with E-state index in [0.29, 0.717) is 19.4 Å². The Morgan fingerprint density at radius 2 is 1.69 bits per heavy atom. The summed E-state index contributed by atoms with van der Waals surface area (Å²) in [5, 5.41) is 17.5. The first kappa shape index (κ1) is 26.4. The van der Waals surface area contributed by atoms with E-state index in [1.165, 1.54) is 0 Å². The highest BCUT2D eigenvalue weighted by molar-refractivity contribution is 5.99.